The Labute approximate surface area is 149 Å². The minimum atomic E-state index is -0.546. The van der Waals surface area contributed by atoms with Crippen molar-refractivity contribution in [3.63, 3.8) is 0 Å². The molecule has 0 aromatic heterocycles. The molecule has 1 N–H and O–H groups in total. The van der Waals surface area contributed by atoms with Crippen molar-refractivity contribution in [1.29, 1.82) is 0 Å². The van der Waals surface area contributed by atoms with Gasteiger partial charge in [0.1, 0.15) is 5.92 Å². The van der Waals surface area contributed by atoms with Gasteiger partial charge in [0.05, 0.1) is 0 Å². The second-order valence-corrected chi connectivity index (χ2v) is 7.53. The van der Waals surface area contributed by atoms with E-state index in [9.17, 15) is 14.7 Å². The van der Waals surface area contributed by atoms with E-state index in [2.05, 4.69) is 26.0 Å². The van der Waals surface area contributed by atoms with Gasteiger partial charge in [0.25, 0.3) is 0 Å². The second-order valence-electron chi connectivity index (χ2n) is 7.53. The maximum Gasteiger partial charge on any atom is 0.239 e. The quantitative estimate of drug-likeness (QED) is 0.853. The molecule has 25 heavy (non-hydrogen) atoms. The third kappa shape index (κ3) is 3.71. The van der Waals surface area contributed by atoms with E-state index >= 15 is 0 Å². The highest BCUT2D eigenvalue weighted by molar-refractivity contribution is 6.09. The first-order valence-corrected chi connectivity index (χ1v) is 9.32. The fourth-order valence-corrected chi connectivity index (χ4v) is 3.76. The van der Waals surface area contributed by atoms with Crippen molar-refractivity contribution in [1.82, 2.24) is 4.90 Å². The molecule has 1 aromatic carbocycles. The fraction of sp³-hybridized carbons (Fsp3) is 0.600. The summed E-state index contributed by atoms with van der Waals surface area (Å²) >= 11 is 0. The van der Waals surface area contributed by atoms with Gasteiger partial charge in [-0.25, -0.2) is 0 Å². The highest BCUT2D eigenvalue weighted by atomic mass is 16.3. The maximum atomic E-state index is 12.8. The van der Waals surface area contributed by atoms with Crippen molar-refractivity contribution in [2.24, 2.45) is 11.8 Å². The van der Waals surface area contributed by atoms with E-state index in [1.807, 2.05) is 12.1 Å². The van der Waals surface area contributed by atoms with Gasteiger partial charge in [-0.05, 0) is 48.8 Å². The fourth-order valence-electron chi connectivity index (χ4n) is 3.76. The van der Waals surface area contributed by atoms with Crippen molar-refractivity contribution < 1.29 is 14.7 Å². The molecule has 2 heterocycles. The molecule has 2 aliphatic rings. The Kier molecular flexibility index (Phi) is 5.42. The molecule has 2 fully saturated rings. The zero-order chi connectivity index (χ0) is 18.0. The first-order chi connectivity index (χ1) is 12.0. The van der Waals surface area contributed by atoms with E-state index < -0.39 is 5.92 Å². The Hall–Kier alpha value is -1.88. The molecule has 1 atom stereocenters. The highest BCUT2D eigenvalue weighted by Gasteiger charge is 2.40. The maximum absolute atomic E-state index is 12.8. The number of benzene rings is 1. The smallest absolute Gasteiger partial charge is 0.239 e. The average molecular weight is 344 g/mol. The Bertz CT molecular complexity index is 618. The van der Waals surface area contributed by atoms with Gasteiger partial charge in [0.15, 0.2) is 0 Å². The summed E-state index contributed by atoms with van der Waals surface area (Å²) in [6.07, 6.45) is 2.23. The molecular formula is C20H28N2O3. The molecule has 1 aromatic rings. The number of amides is 2. The summed E-state index contributed by atoms with van der Waals surface area (Å²) in [6, 6.07) is 8.07. The number of carbonyl (C=O) groups excluding carboxylic acids is 2. The number of nitrogens with zero attached hydrogens (tertiary/aromatic N) is 2. The van der Waals surface area contributed by atoms with Crippen LogP contribution >= 0.6 is 0 Å². The van der Waals surface area contributed by atoms with Crippen LogP contribution in [-0.4, -0.2) is 48.1 Å². The van der Waals surface area contributed by atoms with Gasteiger partial charge in [-0.3, -0.25) is 9.59 Å². The minimum Gasteiger partial charge on any atom is -0.396 e. The lowest BCUT2D eigenvalue weighted by Gasteiger charge is -2.32. The summed E-state index contributed by atoms with van der Waals surface area (Å²) < 4.78 is 0. The summed E-state index contributed by atoms with van der Waals surface area (Å²) in [6.45, 7) is 6.37. The van der Waals surface area contributed by atoms with Crippen molar-refractivity contribution >= 4 is 17.5 Å². The van der Waals surface area contributed by atoms with E-state index in [1.54, 1.807) is 9.80 Å². The van der Waals surface area contributed by atoms with Gasteiger partial charge >= 0.3 is 0 Å². The lowest BCUT2D eigenvalue weighted by atomic mass is 9.96. The van der Waals surface area contributed by atoms with E-state index in [4.69, 9.17) is 0 Å². The molecular weight excluding hydrogens is 316 g/mol. The van der Waals surface area contributed by atoms with Crippen LogP contribution in [0.4, 0.5) is 5.69 Å². The Balaban J connectivity index is 1.64. The van der Waals surface area contributed by atoms with Crippen molar-refractivity contribution in [2.45, 2.75) is 39.0 Å². The SMILES string of the molecule is CC(C)c1ccc(N2CCC(C(=O)N3CCC(CO)CC3)C2=O)cc1. The predicted octanol–water partition coefficient (Wildman–Crippen LogP) is 2.39. The summed E-state index contributed by atoms with van der Waals surface area (Å²) in [4.78, 5) is 29.1. The van der Waals surface area contributed by atoms with Crippen LogP contribution < -0.4 is 4.90 Å². The lowest BCUT2D eigenvalue weighted by molar-refractivity contribution is -0.141. The Morgan fingerprint density at radius 3 is 2.32 bits per heavy atom. The third-order valence-electron chi connectivity index (χ3n) is 5.56. The van der Waals surface area contributed by atoms with E-state index in [0.29, 0.717) is 37.9 Å². The summed E-state index contributed by atoms with van der Waals surface area (Å²) in [5.74, 6) is 0.0866. The molecule has 5 nitrogen and oxygen atoms in total. The van der Waals surface area contributed by atoms with Crippen LogP contribution in [0.1, 0.15) is 44.6 Å². The number of carbonyl (C=O) groups is 2. The van der Waals surface area contributed by atoms with Gasteiger partial charge in [0, 0.05) is 31.9 Å². The molecule has 1 unspecified atom stereocenters. The summed E-state index contributed by atoms with van der Waals surface area (Å²) in [7, 11) is 0. The topological polar surface area (TPSA) is 60.9 Å². The number of rotatable bonds is 4. The molecule has 2 aliphatic heterocycles. The first-order valence-electron chi connectivity index (χ1n) is 9.32. The number of hydrogen-bond acceptors (Lipinski definition) is 3. The number of anilines is 1. The highest BCUT2D eigenvalue weighted by Crippen LogP contribution is 2.29. The van der Waals surface area contributed by atoms with E-state index in [1.165, 1.54) is 5.56 Å². The van der Waals surface area contributed by atoms with E-state index in [-0.39, 0.29) is 18.4 Å². The Morgan fingerprint density at radius 2 is 1.76 bits per heavy atom. The average Bonchev–Trinajstić information content (AvgIpc) is 3.02. The van der Waals surface area contributed by atoms with Crippen molar-refractivity contribution in [3.8, 4) is 0 Å². The summed E-state index contributed by atoms with van der Waals surface area (Å²) in [5.41, 5.74) is 2.12. The lowest BCUT2D eigenvalue weighted by Crippen LogP contribution is -2.44. The minimum absolute atomic E-state index is 0.0392. The van der Waals surface area contributed by atoms with Gasteiger partial charge in [-0.2, -0.15) is 0 Å². The molecule has 5 heteroatoms. The molecule has 0 radical (unpaired) electrons. The zero-order valence-corrected chi connectivity index (χ0v) is 15.1. The molecule has 0 aliphatic carbocycles. The monoisotopic (exact) mass is 344 g/mol. The zero-order valence-electron chi connectivity index (χ0n) is 15.1. The first kappa shape index (κ1) is 17.9. The second kappa shape index (κ2) is 7.56. The van der Waals surface area contributed by atoms with Gasteiger partial charge < -0.3 is 14.9 Å². The molecule has 2 saturated heterocycles. The van der Waals surface area contributed by atoms with Crippen molar-refractivity contribution in [3.05, 3.63) is 29.8 Å². The molecule has 2 amide bonds. The largest absolute Gasteiger partial charge is 0.396 e. The van der Waals surface area contributed by atoms with E-state index in [0.717, 1.165) is 18.5 Å². The van der Waals surface area contributed by atoms with Crippen LogP contribution in [0.5, 0.6) is 0 Å². The summed E-state index contributed by atoms with van der Waals surface area (Å²) in [5, 5.41) is 9.22. The van der Waals surface area contributed by atoms with Gasteiger partial charge in [-0.1, -0.05) is 26.0 Å². The molecule has 0 bridgehead atoms. The number of hydrogen-bond donors (Lipinski definition) is 1. The predicted molar refractivity (Wildman–Crippen MR) is 97.4 cm³/mol. The van der Waals surface area contributed by atoms with Crippen LogP contribution in [0.15, 0.2) is 24.3 Å². The van der Waals surface area contributed by atoms with Crippen molar-refractivity contribution in [2.75, 3.05) is 31.1 Å². The molecule has 0 spiro atoms. The number of aliphatic hydroxyl groups is 1. The number of piperidine rings is 1. The Morgan fingerprint density at radius 1 is 1.12 bits per heavy atom. The number of likely N-dealkylation sites (tertiary alicyclic amines) is 1. The normalized spacial score (nSPS) is 22.1. The standard InChI is InChI=1S/C20H28N2O3/c1-14(2)16-3-5-17(6-4-16)22-12-9-18(20(22)25)19(24)21-10-7-15(13-23)8-11-21/h3-6,14-15,18,23H,7-13H2,1-2H3. The number of aliphatic hydroxyl groups excluding tert-OH is 1. The van der Waals surface area contributed by atoms with Crippen LogP contribution in [0.25, 0.3) is 0 Å². The van der Waals surface area contributed by atoms with Crippen LogP contribution in [0, 0.1) is 11.8 Å². The molecule has 136 valence electrons. The molecule has 0 saturated carbocycles. The van der Waals surface area contributed by atoms with Gasteiger partial charge in [0.2, 0.25) is 11.8 Å². The molecule has 3 rings (SSSR count). The van der Waals surface area contributed by atoms with Crippen LogP contribution in [0.2, 0.25) is 0 Å². The van der Waals surface area contributed by atoms with Crippen LogP contribution in [-0.2, 0) is 9.59 Å². The van der Waals surface area contributed by atoms with Gasteiger partial charge in [-0.15, -0.1) is 0 Å². The van der Waals surface area contributed by atoms with Crippen LogP contribution in [0.3, 0.4) is 0 Å². The third-order valence-corrected chi connectivity index (χ3v) is 5.56.